The van der Waals surface area contributed by atoms with Crippen LogP contribution in [0, 0.1) is 0 Å². The van der Waals surface area contributed by atoms with E-state index in [4.69, 9.17) is 9.47 Å². The van der Waals surface area contributed by atoms with Gasteiger partial charge in [0.25, 0.3) is 0 Å². The van der Waals surface area contributed by atoms with Crippen LogP contribution in [0.25, 0.3) is 6.08 Å². The second kappa shape index (κ2) is 6.40. The summed E-state index contributed by atoms with van der Waals surface area (Å²) in [6.07, 6.45) is 3.05. The highest BCUT2D eigenvalue weighted by atomic mass is 16.5. The molecule has 0 saturated carbocycles. The molecule has 0 aliphatic rings. The smallest absolute Gasteiger partial charge is 0.336 e. The van der Waals surface area contributed by atoms with Crippen LogP contribution >= 0.6 is 0 Å². The topological polar surface area (TPSA) is 35.5 Å². The van der Waals surface area contributed by atoms with Crippen molar-refractivity contribution in [3.8, 4) is 11.5 Å². The number of carbonyl (C=O) groups is 1. The monoisotopic (exact) mass is 254 g/mol. The first kappa shape index (κ1) is 12.9. The van der Waals surface area contributed by atoms with Crippen molar-refractivity contribution < 1.29 is 14.3 Å². The second-order valence-corrected chi connectivity index (χ2v) is 3.81. The van der Waals surface area contributed by atoms with Crippen LogP contribution in [0.4, 0.5) is 0 Å². The van der Waals surface area contributed by atoms with Crippen molar-refractivity contribution >= 4 is 12.0 Å². The van der Waals surface area contributed by atoms with Crippen molar-refractivity contribution in [2.45, 2.75) is 0 Å². The maximum atomic E-state index is 11.6. The lowest BCUT2D eigenvalue weighted by Gasteiger charge is -2.03. The molecule has 0 fully saturated rings. The molecule has 96 valence electrons. The molecule has 2 rings (SSSR count). The quantitative estimate of drug-likeness (QED) is 0.477. The fourth-order valence-electron chi connectivity index (χ4n) is 1.60. The normalized spacial score (nSPS) is 10.4. The summed E-state index contributed by atoms with van der Waals surface area (Å²) in [4.78, 5) is 11.6. The zero-order valence-corrected chi connectivity index (χ0v) is 10.6. The van der Waals surface area contributed by atoms with Gasteiger partial charge in [-0.15, -0.1) is 0 Å². The maximum Gasteiger partial charge on any atom is 0.336 e. The third-order valence-corrected chi connectivity index (χ3v) is 2.50. The number of benzene rings is 2. The van der Waals surface area contributed by atoms with E-state index in [1.165, 1.54) is 6.08 Å². The molecule has 0 unspecified atom stereocenters. The van der Waals surface area contributed by atoms with E-state index in [0.717, 1.165) is 5.56 Å². The first-order valence-electron chi connectivity index (χ1n) is 5.87. The minimum atomic E-state index is -0.419. The standard InChI is InChI=1S/C16H14O3/c1-18-15-10-6-5-7-13(15)11-12-16(17)19-14-8-3-2-4-9-14/h2-12H,1H3. The van der Waals surface area contributed by atoms with Gasteiger partial charge in [0, 0.05) is 11.6 Å². The largest absolute Gasteiger partial charge is 0.496 e. The van der Waals surface area contributed by atoms with Crippen LogP contribution in [-0.4, -0.2) is 13.1 Å². The predicted octanol–water partition coefficient (Wildman–Crippen LogP) is 3.31. The molecule has 0 aliphatic heterocycles. The van der Waals surface area contributed by atoms with Crippen molar-refractivity contribution in [1.82, 2.24) is 0 Å². The van der Waals surface area contributed by atoms with E-state index in [2.05, 4.69) is 0 Å². The Morgan fingerprint density at radius 2 is 1.68 bits per heavy atom. The summed E-state index contributed by atoms with van der Waals surface area (Å²) in [6, 6.07) is 16.4. The summed E-state index contributed by atoms with van der Waals surface area (Å²) in [5, 5.41) is 0. The van der Waals surface area contributed by atoms with Gasteiger partial charge in [-0.3, -0.25) is 0 Å². The highest BCUT2D eigenvalue weighted by molar-refractivity contribution is 5.89. The van der Waals surface area contributed by atoms with E-state index in [-0.39, 0.29) is 0 Å². The lowest BCUT2D eigenvalue weighted by atomic mass is 10.2. The van der Waals surface area contributed by atoms with Gasteiger partial charge in [0.05, 0.1) is 7.11 Å². The molecule has 0 bridgehead atoms. The summed E-state index contributed by atoms with van der Waals surface area (Å²) in [5.74, 6) is 0.820. The molecule has 2 aromatic rings. The average Bonchev–Trinajstić information content (AvgIpc) is 2.46. The maximum absolute atomic E-state index is 11.6. The number of hydrogen-bond acceptors (Lipinski definition) is 3. The number of esters is 1. The molecule has 0 heterocycles. The number of hydrogen-bond donors (Lipinski definition) is 0. The number of para-hydroxylation sites is 2. The summed E-state index contributed by atoms with van der Waals surface area (Å²) >= 11 is 0. The highest BCUT2D eigenvalue weighted by Gasteiger charge is 2.01. The molecule has 0 saturated heterocycles. The molecule has 0 aliphatic carbocycles. The lowest BCUT2D eigenvalue weighted by molar-refractivity contribution is -0.128. The summed E-state index contributed by atoms with van der Waals surface area (Å²) in [6.45, 7) is 0. The van der Waals surface area contributed by atoms with Crippen LogP contribution in [0.3, 0.4) is 0 Å². The van der Waals surface area contributed by atoms with Gasteiger partial charge in [0.15, 0.2) is 0 Å². The van der Waals surface area contributed by atoms with Crippen LogP contribution in [0.5, 0.6) is 11.5 Å². The van der Waals surface area contributed by atoms with Crippen LogP contribution in [-0.2, 0) is 4.79 Å². The van der Waals surface area contributed by atoms with Crippen LogP contribution in [0.1, 0.15) is 5.56 Å². The molecule has 0 radical (unpaired) electrons. The fourth-order valence-corrected chi connectivity index (χ4v) is 1.60. The Kier molecular flexibility index (Phi) is 4.34. The van der Waals surface area contributed by atoms with Crippen molar-refractivity contribution in [2.75, 3.05) is 7.11 Å². The van der Waals surface area contributed by atoms with Gasteiger partial charge in [-0.25, -0.2) is 4.79 Å². The van der Waals surface area contributed by atoms with Gasteiger partial charge < -0.3 is 9.47 Å². The van der Waals surface area contributed by atoms with E-state index < -0.39 is 5.97 Å². The van der Waals surface area contributed by atoms with Crippen molar-refractivity contribution in [3.05, 3.63) is 66.2 Å². The van der Waals surface area contributed by atoms with Gasteiger partial charge >= 0.3 is 5.97 Å². The lowest BCUT2D eigenvalue weighted by Crippen LogP contribution is -2.03. The zero-order valence-electron chi connectivity index (χ0n) is 10.6. The molecular formula is C16H14O3. The van der Waals surface area contributed by atoms with Crippen molar-refractivity contribution in [3.63, 3.8) is 0 Å². The minimum absolute atomic E-state index is 0.419. The third-order valence-electron chi connectivity index (χ3n) is 2.50. The van der Waals surface area contributed by atoms with Gasteiger partial charge in [-0.05, 0) is 24.3 Å². The molecule has 3 nitrogen and oxygen atoms in total. The van der Waals surface area contributed by atoms with Gasteiger partial charge in [-0.1, -0.05) is 36.4 Å². The number of carbonyl (C=O) groups excluding carboxylic acids is 1. The first-order valence-corrected chi connectivity index (χ1v) is 5.87. The van der Waals surface area contributed by atoms with Gasteiger partial charge in [-0.2, -0.15) is 0 Å². The van der Waals surface area contributed by atoms with Crippen LogP contribution in [0.15, 0.2) is 60.7 Å². The molecule has 0 spiro atoms. The van der Waals surface area contributed by atoms with Crippen molar-refractivity contribution in [2.24, 2.45) is 0 Å². The predicted molar refractivity (Wildman–Crippen MR) is 74.1 cm³/mol. The van der Waals surface area contributed by atoms with E-state index in [9.17, 15) is 4.79 Å². The number of rotatable bonds is 4. The number of methoxy groups -OCH3 is 1. The van der Waals surface area contributed by atoms with E-state index in [0.29, 0.717) is 11.5 Å². The highest BCUT2D eigenvalue weighted by Crippen LogP contribution is 2.18. The van der Waals surface area contributed by atoms with Gasteiger partial charge in [0.1, 0.15) is 11.5 Å². The van der Waals surface area contributed by atoms with E-state index in [1.807, 2.05) is 42.5 Å². The van der Waals surface area contributed by atoms with Gasteiger partial charge in [0.2, 0.25) is 0 Å². The molecule has 3 heteroatoms. The Morgan fingerprint density at radius 1 is 1.00 bits per heavy atom. The molecule has 0 aromatic heterocycles. The van der Waals surface area contributed by atoms with E-state index >= 15 is 0 Å². The molecule has 0 N–H and O–H groups in total. The molecule has 0 atom stereocenters. The van der Waals surface area contributed by atoms with Crippen LogP contribution < -0.4 is 9.47 Å². The summed E-state index contributed by atoms with van der Waals surface area (Å²) in [5.41, 5.74) is 0.829. The molecular weight excluding hydrogens is 240 g/mol. The third kappa shape index (κ3) is 3.71. The Bertz CT molecular complexity index is 574. The zero-order chi connectivity index (χ0) is 13.5. The average molecular weight is 254 g/mol. The fraction of sp³-hybridized carbons (Fsp3) is 0.0625. The minimum Gasteiger partial charge on any atom is -0.496 e. The summed E-state index contributed by atoms with van der Waals surface area (Å²) in [7, 11) is 1.59. The Hall–Kier alpha value is -2.55. The van der Waals surface area contributed by atoms with Crippen molar-refractivity contribution in [1.29, 1.82) is 0 Å². The second-order valence-electron chi connectivity index (χ2n) is 3.81. The Balaban J connectivity index is 2.04. The molecule has 2 aromatic carbocycles. The molecule has 0 amide bonds. The summed E-state index contributed by atoms with van der Waals surface area (Å²) < 4.78 is 10.3. The number of ether oxygens (including phenoxy) is 2. The molecule has 19 heavy (non-hydrogen) atoms. The van der Waals surface area contributed by atoms with E-state index in [1.54, 1.807) is 25.3 Å². The Morgan fingerprint density at radius 3 is 2.42 bits per heavy atom. The Labute approximate surface area is 112 Å². The van der Waals surface area contributed by atoms with Crippen LogP contribution in [0.2, 0.25) is 0 Å². The first-order chi connectivity index (χ1) is 9.29. The SMILES string of the molecule is COc1ccccc1C=CC(=O)Oc1ccccc1.